The Morgan fingerprint density at radius 3 is 2.70 bits per heavy atom. The van der Waals surface area contributed by atoms with Crippen LogP contribution in [0.15, 0.2) is 29.6 Å². The fourth-order valence-electron chi connectivity index (χ4n) is 1.52. The van der Waals surface area contributed by atoms with Gasteiger partial charge in [-0.25, -0.2) is 4.79 Å². The largest absolute Gasteiger partial charge is 0.465 e. The molecule has 0 unspecified atom stereocenters. The highest BCUT2D eigenvalue weighted by atomic mass is 35.5. The second-order valence-electron chi connectivity index (χ2n) is 3.73. The van der Waals surface area contributed by atoms with Crippen molar-refractivity contribution in [2.24, 2.45) is 0 Å². The first-order valence-electron chi connectivity index (χ1n) is 5.45. The van der Waals surface area contributed by atoms with Gasteiger partial charge in [0, 0.05) is 5.02 Å². The van der Waals surface area contributed by atoms with Crippen LogP contribution in [0.1, 0.15) is 20.0 Å². The Morgan fingerprint density at radius 1 is 1.25 bits per heavy atom. The maximum absolute atomic E-state index is 12.1. The normalized spacial score (nSPS) is 10.2. The lowest BCUT2D eigenvalue weighted by Crippen LogP contribution is -2.14. The van der Waals surface area contributed by atoms with Crippen molar-refractivity contribution in [3.05, 3.63) is 50.1 Å². The van der Waals surface area contributed by atoms with E-state index in [0.29, 0.717) is 15.6 Å². The summed E-state index contributed by atoms with van der Waals surface area (Å²) in [6, 6.07) is 6.20. The van der Waals surface area contributed by atoms with Crippen LogP contribution in [0.4, 0.5) is 5.69 Å². The van der Waals surface area contributed by atoms with E-state index in [-0.39, 0.29) is 10.6 Å². The summed E-state index contributed by atoms with van der Waals surface area (Å²) in [4.78, 5) is 24.0. The molecule has 2 aromatic rings. The van der Waals surface area contributed by atoms with Crippen molar-refractivity contribution >= 4 is 52.1 Å². The Kier molecular flexibility index (Phi) is 4.65. The van der Waals surface area contributed by atoms with Crippen molar-refractivity contribution in [2.45, 2.75) is 0 Å². The number of thiophene rings is 1. The molecule has 0 fully saturated rings. The van der Waals surface area contributed by atoms with Crippen molar-refractivity contribution in [1.82, 2.24) is 0 Å². The van der Waals surface area contributed by atoms with Gasteiger partial charge >= 0.3 is 5.97 Å². The van der Waals surface area contributed by atoms with Crippen LogP contribution in [0, 0.1) is 0 Å². The molecule has 1 heterocycles. The fourth-order valence-corrected chi connectivity index (χ4v) is 2.66. The Morgan fingerprint density at radius 2 is 2.00 bits per heavy atom. The van der Waals surface area contributed by atoms with Gasteiger partial charge in [-0.2, -0.15) is 0 Å². The zero-order chi connectivity index (χ0) is 14.7. The number of anilines is 1. The molecule has 7 heteroatoms. The molecule has 1 N–H and O–H groups in total. The molecule has 1 aromatic heterocycles. The lowest BCUT2D eigenvalue weighted by atomic mass is 10.2. The third-order valence-electron chi connectivity index (χ3n) is 2.46. The molecule has 4 nitrogen and oxygen atoms in total. The van der Waals surface area contributed by atoms with Crippen LogP contribution in [0.3, 0.4) is 0 Å². The van der Waals surface area contributed by atoms with E-state index in [0.717, 1.165) is 0 Å². The first-order chi connectivity index (χ1) is 9.52. The lowest BCUT2D eigenvalue weighted by Gasteiger charge is -2.07. The first kappa shape index (κ1) is 14.8. The van der Waals surface area contributed by atoms with Crippen LogP contribution >= 0.6 is 34.5 Å². The fraction of sp³-hybridized carbons (Fsp3) is 0.0769. The monoisotopic (exact) mass is 329 g/mol. The molecule has 0 aliphatic rings. The Bertz CT molecular complexity index is 669. The van der Waals surface area contributed by atoms with Gasteiger partial charge < -0.3 is 10.1 Å². The van der Waals surface area contributed by atoms with E-state index >= 15 is 0 Å². The maximum atomic E-state index is 12.1. The number of esters is 1. The summed E-state index contributed by atoms with van der Waals surface area (Å²) in [5, 5.41) is 4.98. The van der Waals surface area contributed by atoms with E-state index in [1.807, 2.05) is 0 Å². The minimum Gasteiger partial charge on any atom is -0.465 e. The number of ether oxygens (including phenoxy) is 1. The Hall–Kier alpha value is -1.56. The number of hydrogen-bond acceptors (Lipinski definition) is 4. The van der Waals surface area contributed by atoms with Crippen LogP contribution in [0.25, 0.3) is 0 Å². The number of halogens is 2. The second-order valence-corrected chi connectivity index (χ2v) is 5.49. The van der Waals surface area contributed by atoms with Gasteiger partial charge in [0.2, 0.25) is 0 Å². The van der Waals surface area contributed by atoms with Crippen molar-refractivity contribution in [2.75, 3.05) is 12.4 Å². The van der Waals surface area contributed by atoms with Gasteiger partial charge in [0.05, 0.1) is 23.4 Å². The average Bonchev–Trinajstić information content (AvgIpc) is 2.88. The molecule has 104 valence electrons. The molecule has 0 saturated carbocycles. The Balaban J connectivity index is 2.26. The Labute approximate surface area is 129 Å². The summed E-state index contributed by atoms with van der Waals surface area (Å²) in [5.74, 6) is -0.950. The smallest absolute Gasteiger partial charge is 0.350 e. The quantitative estimate of drug-likeness (QED) is 0.862. The summed E-state index contributed by atoms with van der Waals surface area (Å²) >= 11 is 13.0. The SMILES string of the molecule is COC(=O)c1sccc1NC(=O)c1cc(Cl)ccc1Cl. The number of rotatable bonds is 3. The van der Waals surface area contributed by atoms with Gasteiger partial charge in [-0.3, -0.25) is 4.79 Å². The van der Waals surface area contributed by atoms with Crippen LogP contribution in [0.5, 0.6) is 0 Å². The maximum Gasteiger partial charge on any atom is 0.350 e. The molecule has 20 heavy (non-hydrogen) atoms. The van der Waals surface area contributed by atoms with Gasteiger partial charge in [0.1, 0.15) is 4.88 Å². The molecule has 0 aliphatic heterocycles. The summed E-state index contributed by atoms with van der Waals surface area (Å²) in [6.07, 6.45) is 0. The number of amides is 1. The molecule has 1 aromatic carbocycles. The topological polar surface area (TPSA) is 55.4 Å². The number of hydrogen-bond donors (Lipinski definition) is 1. The van der Waals surface area contributed by atoms with Gasteiger partial charge in [-0.05, 0) is 29.6 Å². The number of benzene rings is 1. The standard InChI is InChI=1S/C13H9Cl2NO3S/c1-19-13(18)11-10(4-5-20-11)16-12(17)8-6-7(14)2-3-9(8)15/h2-6H,1H3,(H,16,17). The van der Waals surface area contributed by atoms with E-state index in [9.17, 15) is 9.59 Å². The molecule has 1 amide bonds. The lowest BCUT2D eigenvalue weighted by molar-refractivity contribution is 0.0607. The van der Waals surface area contributed by atoms with Crippen molar-refractivity contribution in [3.63, 3.8) is 0 Å². The van der Waals surface area contributed by atoms with E-state index in [1.165, 1.54) is 30.6 Å². The van der Waals surface area contributed by atoms with E-state index in [2.05, 4.69) is 10.1 Å². The predicted molar refractivity (Wildman–Crippen MR) is 80.1 cm³/mol. The van der Waals surface area contributed by atoms with Gasteiger partial charge in [0.25, 0.3) is 5.91 Å². The average molecular weight is 330 g/mol. The van der Waals surface area contributed by atoms with Gasteiger partial charge in [-0.1, -0.05) is 23.2 Å². The number of carbonyl (C=O) groups is 2. The van der Waals surface area contributed by atoms with Crippen LogP contribution in [-0.2, 0) is 4.74 Å². The first-order valence-corrected chi connectivity index (χ1v) is 7.08. The van der Waals surface area contributed by atoms with E-state index in [4.69, 9.17) is 23.2 Å². The van der Waals surface area contributed by atoms with Crippen molar-refractivity contribution in [3.8, 4) is 0 Å². The third-order valence-corrected chi connectivity index (χ3v) is 3.92. The molecule has 0 spiro atoms. The minimum absolute atomic E-state index is 0.237. The highest BCUT2D eigenvalue weighted by Gasteiger charge is 2.17. The van der Waals surface area contributed by atoms with Crippen molar-refractivity contribution in [1.29, 1.82) is 0 Å². The molecule has 0 radical (unpaired) electrons. The minimum atomic E-state index is -0.507. The molecule has 0 atom stereocenters. The second kappa shape index (κ2) is 6.26. The predicted octanol–water partition coefficient (Wildman–Crippen LogP) is 4.09. The number of carbonyl (C=O) groups excluding carboxylic acids is 2. The zero-order valence-corrected chi connectivity index (χ0v) is 12.6. The molecular weight excluding hydrogens is 321 g/mol. The summed E-state index contributed by atoms with van der Waals surface area (Å²) in [5.41, 5.74) is 0.615. The summed E-state index contributed by atoms with van der Waals surface area (Å²) < 4.78 is 4.64. The highest BCUT2D eigenvalue weighted by molar-refractivity contribution is 7.12. The number of methoxy groups -OCH3 is 1. The summed E-state index contributed by atoms with van der Waals surface area (Å²) in [7, 11) is 1.28. The van der Waals surface area contributed by atoms with Gasteiger partial charge in [0.15, 0.2) is 0 Å². The highest BCUT2D eigenvalue weighted by Crippen LogP contribution is 2.26. The summed E-state index contributed by atoms with van der Waals surface area (Å²) in [6.45, 7) is 0. The van der Waals surface area contributed by atoms with Gasteiger partial charge in [-0.15, -0.1) is 11.3 Å². The molecular formula is C13H9Cl2NO3S. The van der Waals surface area contributed by atoms with Crippen molar-refractivity contribution < 1.29 is 14.3 Å². The third kappa shape index (κ3) is 3.12. The van der Waals surface area contributed by atoms with Crippen LogP contribution in [-0.4, -0.2) is 19.0 Å². The van der Waals surface area contributed by atoms with Crippen LogP contribution in [0.2, 0.25) is 10.0 Å². The number of nitrogens with one attached hydrogen (secondary N) is 1. The zero-order valence-electron chi connectivity index (χ0n) is 10.3. The van der Waals surface area contributed by atoms with Crippen LogP contribution < -0.4 is 5.32 Å². The molecule has 0 aliphatic carbocycles. The molecule has 0 bridgehead atoms. The van der Waals surface area contributed by atoms with E-state index in [1.54, 1.807) is 17.5 Å². The molecule has 2 rings (SSSR count). The van der Waals surface area contributed by atoms with E-state index < -0.39 is 11.9 Å². The molecule has 0 saturated heterocycles.